The fraction of sp³-hybridized carbons (Fsp3) is 0. The van der Waals surface area contributed by atoms with Crippen molar-refractivity contribution in [3.63, 3.8) is 0 Å². The van der Waals surface area contributed by atoms with Crippen molar-refractivity contribution in [3.05, 3.63) is 18.0 Å². The number of nitrogens with zero attached hydrogens (tertiary/aromatic N) is 1. The minimum Gasteiger partial charge on any atom is -0.285 e. The van der Waals surface area contributed by atoms with E-state index in [1.165, 1.54) is 12.4 Å². The molecule has 0 spiro atoms. The molecule has 3 heteroatoms. The van der Waals surface area contributed by atoms with E-state index in [9.17, 15) is 4.79 Å². The molecule has 1 N–H and O–H groups in total. The van der Waals surface area contributed by atoms with Crippen molar-refractivity contribution in [2.75, 3.05) is 0 Å². The van der Waals surface area contributed by atoms with Crippen LogP contribution in [0.1, 0.15) is 10.4 Å². The van der Waals surface area contributed by atoms with Crippen LogP contribution in [0.4, 0.5) is 0 Å². The lowest BCUT2D eigenvalue weighted by Gasteiger charge is -1.77. The molecule has 0 aliphatic rings. The SMILES string of the molecule is C#CC(=O)c1cn[nH]c1. The second-order valence-corrected chi connectivity index (χ2v) is 1.46. The number of hydrogen-bond acceptors (Lipinski definition) is 2. The highest BCUT2D eigenvalue weighted by Crippen LogP contribution is 1.92. The number of H-pyrrole nitrogens is 1. The van der Waals surface area contributed by atoms with Gasteiger partial charge in [0.1, 0.15) is 0 Å². The first-order chi connectivity index (χ1) is 4.34. The minimum absolute atomic E-state index is 0.344. The second-order valence-electron chi connectivity index (χ2n) is 1.46. The van der Waals surface area contributed by atoms with E-state index >= 15 is 0 Å². The van der Waals surface area contributed by atoms with E-state index in [-0.39, 0.29) is 5.78 Å². The molecule has 1 aromatic heterocycles. The number of carbonyl (C=O) groups excluding carboxylic acids is 1. The molecule has 0 radical (unpaired) electrons. The van der Waals surface area contributed by atoms with Gasteiger partial charge >= 0.3 is 0 Å². The quantitative estimate of drug-likeness (QED) is 0.327. The van der Waals surface area contributed by atoms with E-state index < -0.39 is 0 Å². The lowest BCUT2D eigenvalue weighted by molar-refractivity contribution is 0.105. The van der Waals surface area contributed by atoms with Crippen molar-refractivity contribution in [3.8, 4) is 12.3 Å². The summed E-state index contributed by atoms with van der Waals surface area (Å²) in [6.07, 6.45) is 7.67. The Morgan fingerprint density at radius 3 is 3.11 bits per heavy atom. The molecule has 0 aromatic carbocycles. The Labute approximate surface area is 52.1 Å². The molecule has 0 aliphatic carbocycles. The molecule has 44 valence electrons. The third-order valence-corrected chi connectivity index (χ3v) is 0.892. The number of aromatic nitrogens is 2. The zero-order valence-corrected chi connectivity index (χ0v) is 4.59. The second kappa shape index (κ2) is 2.14. The molecule has 1 heterocycles. The number of hydrogen-bond donors (Lipinski definition) is 1. The maximum absolute atomic E-state index is 10.6. The van der Waals surface area contributed by atoms with Gasteiger partial charge in [0.25, 0.3) is 0 Å². The van der Waals surface area contributed by atoms with Gasteiger partial charge in [0.15, 0.2) is 0 Å². The van der Waals surface area contributed by atoms with E-state index in [1.807, 2.05) is 5.92 Å². The van der Waals surface area contributed by atoms with Crippen molar-refractivity contribution in [1.82, 2.24) is 10.2 Å². The molecule has 0 aliphatic heterocycles. The smallest absolute Gasteiger partial charge is 0.238 e. The summed E-state index contributed by atoms with van der Waals surface area (Å²) in [5.74, 6) is 1.62. The maximum atomic E-state index is 10.6. The van der Waals surface area contributed by atoms with Crippen LogP contribution in [0.3, 0.4) is 0 Å². The standard InChI is InChI=1S/C6H4N2O/c1-2-6(9)5-3-7-8-4-5/h1,3-4H,(H,7,8). The fourth-order valence-electron chi connectivity index (χ4n) is 0.458. The van der Waals surface area contributed by atoms with Gasteiger partial charge in [0.2, 0.25) is 5.78 Å². The first-order valence-electron chi connectivity index (χ1n) is 2.34. The summed E-state index contributed by atoms with van der Waals surface area (Å²) in [6.45, 7) is 0. The normalized spacial score (nSPS) is 8.33. The number of carbonyl (C=O) groups is 1. The molecule has 9 heavy (non-hydrogen) atoms. The Morgan fingerprint density at radius 1 is 1.89 bits per heavy atom. The number of Topliss-reactive ketones (excluding diaryl/α,β-unsaturated/α-hetero) is 1. The summed E-state index contributed by atoms with van der Waals surface area (Å²) in [4.78, 5) is 10.6. The first kappa shape index (κ1) is 5.57. The Bertz CT molecular complexity index is 243. The molecule has 1 rings (SSSR count). The summed E-state index contributed by atoms with van der Waals surface area (Å²) >= 11 is 0. The predicted octanol–water partition coefficient (Wildman–Crippen LogP) is 0.226. The molecule has 0 bridgehead atoms. The van der Waals surface area contributed by atoms with Crippen molar-refractivity contribution in [2.24, 2.45) is 0 Å². The zero-order valence-electron chi connectivity index (χ0n) is 4.59. The average Bonchev–Trinajstić information content (AvgIpc) is 2.37. The molecule has 0 unspecified atom stereocenters. The van der Waals surface area contributed by atoms with E-state index in [0.717, 1.165) is 0 Å². The van der Waals surface area contributed by atoms with Crippen molar-refractivity contribution in [2.45, 2.75) is 0 Å². The Balaban J connectivity index is 2.93. The highest BCUT2D eigenvalue weighted by Gasteiger charge is 1.99. The van der Waals surface area contributed by atoms with Gasteiger partial charge in [-0.15, -0.1) is 6.42 Å². The van der Waals surface area contributed by atoms with E-state index in [2.05, 4.69) is 10.2 Å². The van der Waals surface area contributed by atoms with Crippen LogP contribution in [0.25, 0.3) is 0 Å². The summed E-state index contributed by atoms with van der Waals surface area (Å²) < 4.78 is 0. The van der Waals surface area contributed by atoms with Gasteiger partial charge in [-0.25, -0.2) is 0 Å². The van der Waals surface area contributed by atoms with Gasteiger partial charge in [-0.3, -0.25) is 9.89 Å². The van der Waals surface area contributed by atoms with Crippen LogP contribution >= 0.6 is 0 Å². The Morgan fingerprint density at radius 2 is 2.67 bits per heavy atom. The van der Waals surface area contributed by atoms with Crippen molar-refractivity contribution < 1.29 is 4.79 Å². The molecule has 0 fully saturated rings. The molecule has 0 saturated carbocycles. The molecular formula is C6H4N2O. The highest BCUT2D eigenvalue weighted by molar-refractivity contribution is 6.08. The average molecular weight is 120 g/mol. The van der Waals surface area contributed by atoms with Crippen molar-refractivity contribution >= 4 is 5.78 Å². The van der Waals surface area contributed by atoms with E-state index in [1.54, 1.807) is 0 Å². The third-order valence-electron chi connectivity index (χ3n) is 0.892. The first-order valence-corrected chi connectivity index (χ1v) is 2.34. The number of aromatic amines is 1. The van der Waals surface area contributed by atoms with Gasteiger partial charge in [-0.1, -0.05) is 0 Å². The number of nitrogens with one attached hydrogen (secondary N) is 1. The molecule has 0 saturated heterocycles. The van der Waals surface area contributed by atoms with E-state index in [4.69, 9.17) is 6.42 Å². The number of ketones is 1. The zero-order chi connectivity index (χ0) is 6.69. The van der Waals surface area contributed by atoms with Gasteiger partial charge in [-0.2, -0.15) is 5.10 Å². The fourth-order valence-corrected chi connectivity index (χ4v) is 0.458. The van der Waals surface area contributed by atoms with Gasteiger partial charge < -0.3 is 0 Å². The lowest BCUT2D eigenvalue weighted by atomic mass is 10.2. The molecule has 0 amide bonds. The molecule has 3 nitrogen and oxygen atoms in total. The van der Waals surface area contributed by atoms with Gasteiger partial charge in [0.05, 0.1) is 11.8 Å². The monoisotopic (exact) mass is 120 g/mol. The Kier molecular flexibility index (Phi) is 1.32. The van der Waals surface area contributed by atoms with Crippen LogP contribution in [0, 0.1) is 12.3 Å². The van der Waals surface area contributed by atoms with E-state index in [0.29, 0.717) is 5.56 Å². The summed E-state index contributed by atoms with van der Waals surface area (Å²) in [5, 5.41) is 6.03. The maximum Gasteiger partial charge on any atom is 0.238 e. The van der Waals surface area contributed by atoms with Gasteiger partial charge in [-0.05, 0) is 5.92 Å². The predicted molar refractivity (Wildman–Crippen MR) is 31.8 cm³/mol. The lowest BCUT2D eigenvalue weighted by Crippen LogP contribution is -1.89. The van der Waals surface area contributed by atoms with Crippen LogP contribution < -0.4 is 0 Å². The Hall–Kier alpha value is -1.56. The van der Waals surface area contributed by atoms with Gasteiger partial charge in [0, 0.05) is 6.20 Å². The summed E-state index contributed by atoms with van der Waals surface area (Å²) in [6, 6.07) is 0. The van der Waals surface area contributed by atoms with Crippen molar-refractivity contribution in [1.29, 1.82) is 0 Å². The van der Waals surface area contributed by atoms with Crippen LogP contribution in [-0.4, -0.2) is 16.0 Å². The number of rotatable bonds is 1. The van der Waals surface area contributed by atoms with Crippen LogP contribution in [0.5, 0.6) is 0 Å². The highest BCUT2D eigenvalue weighted by atomic mass is 16.1. The minimum atomic E-state index is -0.344. The molecular weight excluding hydrogens is 116 g/mol. The summed E-state index contributed by atoms with van der Waals surface area (Å²) in [7, 11) is 0. The topological polar surface area (TPSA) is 45.8 Å². The third kappa shape index (κ3) is 0.970. The largest absolute Gasteiger partial charge is 0.285 e. The van der Waals surface area contributed by atoms with Crippen LogP contribution in [0.2, 0.25) is 0 Å². The van der Waals surface area contributed by atoms with Crippen LogP contribution in [-0.2, 0) is 0 Å². The summed E-state index contributed by atoms with van der Waals surface area (Å²) in [5.41, 5.74) is 0.428. The molecule has 1 aromatic rings. The van der Waals surface area contributed by atoms with Crippen LogP contribution in [0.15, 0.2) is 12.4 Å². The molecule has 0 atom stereocenters. The number of terminal acetylenes is 1.